The van der Waals surface area contributed by atoms with E-state index < -0.39 is 6.04 Å². The van der Waals surface area contributed by atoms with E-state index in [1.807, 2.05) is 24.3 Å². The molecule has 0 saturated heterocycles. The van der Waals surface area contributed by atoms with Crippen molar-refractivity contribution in [2.45, 2.75) is 13.0 Å². The van der Waals surface area contributed by atoms with Crippen LogP contribution in [0.3, 0.4) is 0 Å². The van der Waals surface area contributed by atoms with Crippen LogP contribution in [0.25, 0.3) is 11.0 Å². The molecule has 2 heterocycles. The van der Waals surface area contributed by atoms with Gasteiger partial charge in [-0.2, -0.15) is 0 Å². The summed E-state index contributed by atoms with van der Waals surface area (Å²) in [5, 5.41) is 5.32. The Bertz CT molecular complexity index is 965. The zero-order valence-electron chi connectivity index (χ0n) is 13.9. The molecule has 0 fully saturated rings. The van der Waals surface area contributed by atoms with Gasteiger partial charge in [0.1, 0.15) is 6.04 Å². The number of aromatic nitrogens is 2. The van der Waals surface area contributed by atoms with E-state index in [4.69, 9.17) is 9.47 Å². The van der Waals surface area contributed by atoms with E-state index in [0.29, 0.717) is 23.0 Å². The quantitative estimate of drug-likeness (QED) is 0.666. The highest BCUT2D eigenvalue weighted by Gasteiger charge is 2.20. The maximum Gasteiger partial charge on any atom is 0.252 e. The number of H-pyrrole nitrogens is 1. The number of imidazole rings is 1. The Morgan fingerprint density at radius 2 is 1.96 bits per heavy atom. The largest absolute Gasteiger partial charge is 0.454 e. The van der Waals surface area contributed by atoms with Gasteiger partial charge in [-0.25, -0.2) is 4.98 Å². The maximum absolute atomic E-state index is 12.3. The third-order valence-corrected chi connectivity index (χ3v) is 4.01. The number of anilines is 1. The summed E-state index contributed by atoms with van der Waals surface area (Å²) < 4.78 is 10.5. The van der Waals surface area contributed by atoms with Gasteiger partial charge in [0.2, 0.25) is 18.6 Å². The summed E-state index contributed by atoms with van der Waals surface area (Å²) in [5.41, 5.74) is 1.96. The highest BCUT2D eigenvalue weighted by atomic mass is 16.7. The average molecular weight is 352 g/mol. The van der Waals surface area contributed by atoms with E-state index in [1.54, 1.807) is 25.1 Å². The van der Waals surface area contributed by atoms with Crippen molar-refractivity contribution in [2.75, 3.05) is 12.1 Å². The van der Waals surface area contributed by atoms with Gasteiger partial charge in [-0.05, 0) is 37.3 Å². The number of para-hydroxylation sites is 2. The van der Waals surface area contributed by atoms with Crippen LogP contribution in [0.2, 0.25) is 0 Å². The molecular weight excluding hydrogens is 336 g/mol. The topological polar surface area (TPSA) is 105 Å². The number of hydrogen-bond donors (Lipinski definition) is 3. The number of amides is 2. The van der Waals surface area contributed by atoms with Crippen LogP contribution in [0, 0.1) is 0 Å². The molecule has 1 atom stereocenters. The van der Waals surface area contributed by atoms with E-state index in [1.165, 1.54) is 0 Å². The minimum Gasteiger partial charge on any atom is -0.454 e. The number of nitrogens with zero attached hydrogens (tertiary/aromatic N) is 1. The molecule has 3 aromatic rings. The third kappa shape index (κ3) is 3.04. The van der Waals surface area contributed by atoms with Gasteiger partial charge in [-0.1, -0.05) is 12.1 Å². The lowest BCUT2D eigenvalue weighted by molar-refractivity contribution is -0.117. The van der Waals surface area contributed by atoms with E-state index in [2.05, 4.69) is 20.6 Å². The number of nitrogens with one attached hydrogen (secondary N) is 3. The molecule has 26 heavy (non-hydrogen) atoms. The van der Waals surface area contributed by atoms with Gasteiger partial charge in [0, 0.05) is 5.56 Å². The van der Waals surface area contributed by atoms with Crippen LogP contribution in [0.15, 0.2) is 42.5 Å². The predicted octanol–water partition coefficient (Wildman–Crippen LogP) is 2.05. The fourth-order valence-electron chi connectivity index (χ4n) is 2.62. The highest BCUT2D eigenvalue weighted by molar-refractivity contribution is 6.01. The molecule has 0 spiro atoms. The molecule has 3 N–H and O–H groups in total. The van der Waals surface area contributed by atoms with Crippen molar-refractivity contribution in [3.63, 3.8) is 0 Å². The van der Waals surface area contributed by atoms with Crippen LogP contribution < -0.4 is 20.1 Å². The molecule has 2 amide bonds. The van der Waals surface area contributed by atoms with Crippen LogP contribution in [0.5, 0.6) is 11.5 Å². The summed E-state index contributed by atoms with van der Waals surface area (Å²) in [6.07, 6.45) is 0. The number of carbonyl (C=O) groups excluding carboxylic acids is 2. The summed E-state index contributed by atoms with van der Waals surface area (Å²) in [5.74, 6) is 0.684. The van der Waals surface area contributed by atoms with Gasteiger partial charge in [0.25, 0.3) is 5.91 Å². The van der Waals surface area contributed by atoms with Crippen molar-refractivity contribution in [3.8, 4) is 11.5 Å². The molecule has 0 bridgehead atoms. The van der Waals surface area contributed by atoms with Gasteiger partial charge >= 0.3 is 0 Å². The smallest absolute Gasteiger partial charge is 0.252 e. The number of hydrogen-bond acceptors (Lipinski definition) is 5. The van der Waals surface area contributed by atoms with Gasteiger partial charge < -0.3 is 19.8 Å². The first-order chi connectivity index (χ1) is 12.6. The zero-order valence-corrected chi connectivity index (χ0v) is 13.9. The van der Waals surface area contributed by atoms with Gasteiger partial charge in [-0.3, -0.25) is 14.9 Å². The Morgan fingerprint density at radius 3 is 2.81 bits per heavy atom. The lowest BCUT2D eigenvalue weighted by Crippen LogP contribution is -2.41. The molecule has 0 saturated carbocycles. The first-order valence-electron chi connectivity index (χ1n) is 8.06. The summed E-state index contributed by atoms with van der Waals surface area (Å²) in [6, 6.07) is 11.6. The zero-order chi connectivity index (χ0) is 18.1. The molecule has 1 aliphatic heterocycles. The number of rotatable bonds is 4. The average Bonchev–Trinajstić information content (AvgIpc) is 3.26. The first kappa shape index (κ1) is 15.9. The van der Waals surface area contributed by atoms with E-state index in [-0.39, 0.29) is 18.6 Å². The highest BCUT2D eigenvalue weighted by Crippen LogP contribution is 2.32. The monoisotopic (exact) mass is 352 g/mol. The van der Waals surface area contributed by atoms with Crippen LogP contribution in [0.1, 0.15) is 17.3 Å². The molecule has 0 aliphatic carbocycles. The Hall–Kier alpha value is -3.55. The van der Waals surface area contributed by atoms with E-state index >= 15 is 0 Å². The van der Waals surface area contributed by atoms with Crippen LogP contribution in [0.4, 0.5) is 5.95 Å². The third-order valence-electron chi connectivity index (χ3n) is 4.01. The minimum absolute atomic E-state index is 0.136. The fraction of sp³-hybridized carbons (Fsp3) is 0.167. The minimum atomic E-state index is -0.749. The molecule has 0 unspecified atom stereocenters. The molecule has 8 heteroatoms. The van der Waals surface area contributed by atoms with Crippen molar-refractivity contribution in [2.24, 2.45) is 0 Å². The Labute approximate surface area is 148 Å². The van der Waals surface area contributed by atoms with Crippen LogP contribution in [-0.4, -0.2) is 34.6 Å². The van der Waals surface area contributed by atoms with Gasteiger partial charge in [-0.15, -0.1) is 0 Å². The normalized spacial score (nSPS) is 13.4. The Balaban J connectivity index is 1.41. The first-order valence-corrected chi connectivity index (χ1v) is 8.06. The number of carbonyl (C=O) groups is 2. The summed E-state index contributed by atoms with van der Waals surface area (Å²) in [6.45, 7) is 1.74. The molecule has 1 aliphatic rings. The molecule has 4 rings (SSSR count). The van der Waals surface area contributed by atoms with E-state index in [9.17, 15) is 9.59 Å². The number of benzene rings is 2. The molecular formula is C18H16N4O4. The lowest BCUT2D eigenvalue weighted by atomic mass is 10.1. The predicted molar refractivity (Wildman–Crippen MR) is 94.2 cm³/mol. The fourth-order valence-corrected chi connectivity index (χ4v) is 2.62. The number of aromatic amines is 1. The molecule has 8 nitrogen and oxygen atoms in total. The Kier molecular flexibility index (Phi) is 3.92. The van der Waals surface area contributed by atoms with Gasteiger partial charge in [0.05, 0.1) is 11.0 Å². The second kappa shape index (κ2) is 6.40. The maximum atomic E-state index is 12.3. The number of ether oxygens (including phenoxy) is 2. The molecule has 0 radical (unpaired) electrons. The van der Waals surface area contributed by atoms with Crippen molar-refractivity contribution in [1.29, 1.82) is 0 Å². The summed E-state index contributed by atoms with van der Waals surface area (Å²) in [7, 11) is 0. The Morgan fingerprint density at radius 1 is 1.15 bits per heavy atom. The summed E-state index contributed by atoms with van der Waals surface area (Å²) >= 11 is 0. The lowest BCUT2D eigenvalue weighted by Gasteiger charge is -2.13. The van der Waals surface area contributed by atoms with Crippen molar-refractivity contribution in [3.05, 3.63) is 48.0 Å². The summed E-state index contributed by atoms with van der Waals surface area (Å²) in [4.78, 5) is 31.9. The van der Waals surface area contributed by atoms with Crippen LogP contribution >= 0.6 is 0 Å². The van der Waals surface area contributed by atoms with Gasteiger partial charge in [0.15, 0.2) is 11.5 Å². The molecule has 2 aromatic carbocycles. The van der Waals surface area contributed by atoms with Crippen molar-refractivity contribution in [1.82, 2.24) is 15.3 Å². The van der Waals surface area contributed by atoms with Crippen molar-refractivity contribution >= 4 is 28.8 Å². The molecule has 132 valence electrons. The molecule has 1 aromatic heterocycles. The SMILES string of the molecule is C[C@@H](NC(=O)c1ccc2c(c1)OCO2)C(=O)Nc1nc2ccccc2[nH]1. The standard InChI is InChI=1S/C18H16N4O4/c1-10(16(23)22-18-20-12-4-2-3-5-13(12)21-18)19-17(24)11-6-7-14-15(8-11)26-9-25-14/h2-8,10H,9H2,1H3,(H,19,24)(H2,20,21,22,23)/t10-/m1/s1. The van der Waals surface area contributed by atoms with E-state index in [0.717, 1.165) is 11.0 Å². The second-order valence-corrected chi connectivity index (χ2v) is 5.86. The van der Waals surface area contributed by atoms with Crippen LogP contribution in [-0.2, 0) is 4.79 Å². The van der Waals surface area contributed by atoms with Crippen molar-refractivity contribution < 1.29 is 19.1 Å². The number of fused-ring (bicyclic) bond motifs is 2. The second-order valence-electron chi connectivity index (χ2n) is 5.86.